The molecule has 0 aromatic heterocycles. The van der Waals surface area contributed by atoms with Crippen LogP contribution in [0.1, 0.15) is 23.0 Å². The van der Waals surface area contributed by atoms with E-state index in [2.05, 4.69) is 16.3 Å². The highest BCUT2D eigenvalue weighted by atomic mass is 16.6. The number of morpholine rings is 1. The van der Waals surface area contributed by atoms with Gasteiger partial charge in [-0.2, -0.15) is 5.26 Å². The zero-order chi connectivity index (χ0) is 24.8. The summed E-state index contributed by atoms with van der Waals surface area (Å²) >= 11 is 0. The number of nitrogens with one attached hydrogen (secondary N) is 1. The van der Waals surface area contributed by atoms with E-state index in [4.69, 9.17) is 9.47 Å². The van der Waals surface area contributed by atoms with Gasteiger partial charge in [-0.15, -0.1) is 0 Å². The Balaban J connectivity index is 1.86. The van der Waals surface area contributed by atoms with Gasteiger partial charge in [0.25, 0.3) is 5.70 Å². The number of hydrogen-bond donors (Lipinski definition) is 1. The molecular formula is C26H28N4O5. The van der Waals surface area contributed by atoms with Gasteiger partial charge in [-0.1, -0.05) is 60.7 Å². The average molecular weight is 477 g/mol. The summed E-state index contributed by atoms with van der Waals surface area (Å²) in [5.74, 6) is -2.82. The monoisotopic (exact) mass is 476 g/mol. The normalized spacial score (nSPS) is 24.6. The summed E-state index contributed by atoms with van der Waals surface area (Å²) in [4.78, 5) is 27.7. The highest BCUT2D eigenvalue weighted by Gasteiger charge is 2.66. The Labute approximate surface area is 204 Å². The number of carbonyl (C=O) groups excluding carboxylic acids is 1. The number of ether oxygens (including phenoxy) is 2. The van der Waals surface area contributed by atoms with Crippen LogP contribution >= 0.6 is 0 Å². The molecule has 1 heterocycles. The number of allylic oxidation sites excluding steroid dienone is 2. The molecular weight excluding hydrogens is 448 g/mol. The Bertz CT molecular complexity index is 1130. The molecule has 9 nitrogen and oxygen atoms in total. The summed E-state index contributed by atoms with van der Waals surface area (Å²) in [6, 6.07) is 19.9. The fourth-order valence-corrected chi connectivity index (χ4v) is 5.20. The molecule has 0 amide bonds. The molecule has 1 fully saturated rings. The second-order valence-corrected chi connectivity index (χ2v) is 8.60. The van der Waals surface area contributed by atoms with Crippen LogP contribution in [0, 0.1) is 26.9 Å². The summed E-state index contributed by atoms with van der Waals surface area (Å²) in [6.07, 6.45) is 0. The van der Waals surface area contributed by atoms with Gasteiger partial charge in [0.15, 0.2) is 5.41 Å². The molecule has 0 bridgehead atoms. The van der Waals surface area contributed by atoms with Crippen molar-refractivity contribution in [1.29, 1.82) is 5.26 Å². The van der Waals surface area contributed by atoms with Crippen molar-refractivity contribution < 1.29 is 19.2 Å². The molecule has 9 heteroatoms. The van der Waals surface area contributed by atoms with Gasteiger partial charge in [0.2, 0.25) is 0 Å². The predicted octanol–water partition coefficient (Wildman–Crippen LogP) is 2.66. The molecule has 0 spiro atoms. The highest BCUT2D eigenvalue weighted by Crippen LogP contribution is 2.59. The van der Waals surface area contributed by atoms with E-state index in [0.29, 0.717) is 37.4 Å². The Kier molecular flexibility index (Phi) is 7.44. The van der Waals surface area contributed by atoms with Crippen molar-refractivity contribution in [3.05, 3.63) is 93.3 Å². The second-order valence-electron chi connectivity index (χ2n) is 8.60. The van der Waals surface area contributed by atoms with Crippen LogP contribution in [-0.2, 0) is 14.3 Å². The van der Waals surface area contributed by atoms with Gasteiger partial charge in [0, 0.05) is 26.2 Å². The molecule has 2 aromatic carbocycles. The molecule has 3 atom stereocenters. The largest absolute Gasteiger partial charge is 0.468 e. The maximum atomic E-state index is 13.4. The molecule has 1 N–H and O–H groups in total. The van der Waals surface area contributed by atoms with Crippen LogP contribution in [0.5, 0.6) is 0 Å². The maximum Gasteiger partial charge on any atom is 0.328 e. The van der Waals surface area contributed by atoms with E-state index in [1.165, 1.54) is 7.11 Å². The molecule has 35 heavy (non-hydrogen) atoms. The van der Waals surface area contributed by atoms with Crippen LogP contribution in [-0.4, -0.2) is 62.3 Å². The van der Waals surface area contributed by atoms with E-state index in [1.54, 1.807) is 54.6 Å². The Hall–Kier alpha value is -3.74. The fraction of sp³-hybridized carbons (Fsp3) is 0.385. The standard InChI is InChI=1S/C26H28N4O5/c1-34-25(31)26(18-27)21(19-8-4-2-5-9-19)23(28-12-13-29-14-16-35-17-15-29)24(30(32)33)22(26)20-10-6-3-7-11-20/h2-11,21-22,28H,12-17H2,1H3/t21-,22-,26?/m0/s1. The van der Waals surface area contributed by atoms with E-state index in [0.717, 1.165) is 13.1 Å². The summed E-state index contributed by atoms with van der Waals surface area (Å²) < 4.78 is 10.5. The van der Waals surface area contributed by atoms with Crippen molar-refractivity contribution in [3.63, 3.8) is 0 Å². The first-order valence-corrected chi connectivity index (χ1v) is 11.6. The van der Waals surface area contributed by atoms with E-state index in [9.17, 15) is 20.2 Å². The van der Waals surface area contributed by atoms with Crippen LogP contribution in [0.2, 0.25) is 0 Å². The van der Waals surface area contributed by atoms with Crippen molar-refractivity contribution in [1.82, 2.24) is 10.2 Å². The minimum absolute atomic E-state index is 0.181. The fourth-order valence-electron chi connectivity index (χ4n) is 5.20. The molecule has 0 saturated carbocycles. The highest BCUT2D eigenvalue weighted by molar-refractivity contribution is 5.86. The molecule has 1 aliphatic carbocycles. The number of carbonyl (C=O) groups is 1. The number of nitrogens with zero attached hydrogens (tertiary/aromatic N) is 3. The molecule has 182 valence electrons. The topological polar surface area (TPSA) is 118 Å². The van der Waals surface area contributed by atoms with Gasteiger partial charge < -0.3 is 14.8 Å². The molecule has 2 aromatic rings. The van der Waals surface area contributed by atoms with Gasteiger partial charge in [0.05, 0.1) is 42.9 Å². The minimum Gasteiger partial charge on any atom is -0.468 e. The lowest BCUT2D eigenvalue weighted by atomic mass is 9.66. The minimum atomic E-state index is -1.86. The van der Waals surface area contributed by atoms with Crippen LogP contribution < -0.4 is 5.32 Å². The summed E-state index contributed by atoms with van der Waals surface area (Å²) in [7, 11) is 1.21. The number of benzene rings is 2. The van der Waals surface area contributed by atoms with Gasteiger partial charge in [-0.25, -0.2) is 0 Å². The van der Waals surface area contributed by atoms with Crippen LogP contribution in [0.3, 0.4) is 0 Å². The third-order valence-electron chi connectivity index (χ3n) is 6.77. The lowest BCUT2D eigenvalue weighted by Crippen LogP contribution is -2.42. The SMILES string of the molecule is COC(=O)C1(C#N)[C@@H](c2ccccc2)C(NCCN2CCOCC2)=C([N+](=O)[O-])[C@@H]1c1ccccc1. The summed E-state index contributed by atoms with van der Waals surface area (Å²) in [5.41, 5.74) is -0.626. The van der Waals surface area contributed by atoms with Crippen molar-refractivity contribution in [2.45, 2.75) is 11.8 Å². The quantitative estimate of drug-likeness (QED) is 0.351. The number of rotatable bonds is 8. The second kappa shape index (κ2) is 10.7. The summed E-state index contributed by atoms with van der Waals surface area (Å²) in [5, 5.41) is 26.4. The molecule has 1 saturated heterocycles. The molecule has 2 aliphatic rings. The number of nitro groups is 1. The van der Waals surface area contributed by atoms with Crippen molar-refractivity contribution in [2.24, 2.45) is 5.41 Å². The van der Waals surface area contributed by atoms with Gasteiger partial charge in [-0.05, 0) is 11.1 Å². The third-order valence-corrected chi connectivity index (χ3v) is 6.77. The first kappa shape index (κ1) is 24.4. The van der Waals surface area contributed by atoms with E-state index in [-0.39, 0.29) is 11.4 Å². The van der Waals surface area contributed by atoms with Crippen molar-refractivity contribution in [3.8, 4) is 6.07 Å². The van der Waals surface area contributed by atoms with Crippen molar-refractivity contribution in [2.75, 3.05) is 46.5 Å². The van der Waals surface area contributed by atoms with Crippen LogP contribution in [0.15, 0.2) is 72.1 Å². The van der Waals surface area contributed by atoms with Gasteiger partial charge in [-0.3, -0.25) is 19.8 Å². The first-order chi connectivity index (χ1) is 17.0. The lowest BCUT2D eigenvalue weighted by Gasteiger charge is -2.32. The molecule has 0 radical (unpaired) electrons. The lowest BCUT2D eigenvalue weighted by molar-refractivity contribution is -0.431. The Morgan fingerprint density at radius 1 is 1.14 bits per heavy atom. The zero-order valence-electron chi connectivity index (χ0n) is 19.6. The van der Waals surface area contributed by atoms with Gasteiger partial charge >= 0.3 is 5.97 Å². The number of methoxy groups -OCH3 is 1. The van der Waals surface area contributed by atoms with E-state index in [1.807, 2.05) is 6.07 Å². The third kappa shape index (κ3) is 4.50. The van der Waals surface area contributed by atoms with Crippen LogP contribution in [0.25, 0.3) is 0 Å². The van der Waals surface area contributed by atoms with Crippen molar-refractivity contribution >= 4 is 5.97 Å². The van der Waals surface area contributed by atoms with Crippen LogP contribution in [0.4, 0.5) is 0 Å². The zero-order valence-corrected chi connectivity index (χ0v) is 19.6. The van der Waals surface area contributed by atoms with E-state index >= 15 is 0 Å². The summed E-state index contributed by atoms with van der Waals surface area (Å²) in [6.45, 7) is 3.91. The van der Waals surface area contributed by atoms with Gasteiger partial charge in [0.1, 0.15) is 5.92 Å². The maximum absolute atomic E-state index is 13.4. The first-order valence-electron chi connectivity index (χ1n) is 11.6. The van der Waals surface area contributed by atoms with E-state index < -0.39 is 28.1 Å². The number of nitriles is 1. The molecule has 1 aliphatic heterocycles. The number of esters is 1. The number of hydrogen-bond acceptors (Lipinski definition) is 8. The Morgan fingerprint density at radius 2 is 1.71 bits per heavy atom. The molecule has 4 rings (SSSR count). The Morgan fingerprint density at radius 3 is 2.23 bits per heavy atom. The predicted molar refractivity (Wildman–Crippen MR) is 128 cm³/mol. The average Bonchev–Trinajstić information content (AvgIpc) is 3.21. The smallest absolute Gasteiger partial charge is 0.328 e. The molecule has 1 unspecified atom stereocenters.